The molecule has 3 rings (SSSR count). The van der Waals surface area contributed by atoms with Crippen molar-refractivity contribution >= 4 is 45.4 Å². The first-order chi connectivity index (χ1) is 15.3. The largest absolute Gasteiger partial charge is 0.455 e. The monoisotopic (exact) mass is 521 g/mol. The second kappa shape index (κ2) is 9.50. The Kier molecular flexibility index (Phi) is 7.45. The molecular weight excluding hydrogens is 494 g/mol. The molecule has 184 valence electrons. The summed E-state index contributed by atoms with van der Waals surface area (Å²) in [4.78, 5) is 27.5. The average Bonchev–Trinajstić information content (AvgIpc) is 3.22. The zero-order chi connectivity index (χ0) is 24.6. The molecule has 1 aromatic heterocycles. The number of carbonyl (C=O) groups is 2. The van der Waals surface area contributed by atoms with Crippen LogP contribution in [-0.4, -0.2) is 93.4 Å². The molecule has 0 aliphatic carbocycles. The lowest BCUT2D eigenvalue weighted by Crippen LogP contribution is -2.79. The number of rotatable bonds is 9. The highest BCUT2D eigenvalue weighted by Crippen LogP contribution is 2.48. The number of sulfonamides is 1. The molecule has 2 aliphatic heterocycles. The van der Waals surface area contributed by atoms with Crippen LogP contribution in [0.3, 0.4) is 0 Å². The van der Waals surface area contributed by atoms with Crippen molar-refractivity contribution in [3.8, 4) is 0 Å². The van der Waals surface area contributed by atoms with E-state index in [9.17, 15) is 18.0 Å². The molecule has 3 atom stereocenters. The van der Waals surface area contributed by atoms with Crippen LogP contribution in [-0.2, 0) is 29.1 Å². The number of β-lactam (4-membered cyclic amide) rings is 1. The van der Waals surface area contributed by atoms with Crippen LogP contribution in [0, 0.1) is 0 Å². The van der Waals surface area contributed by atoms with Gasteiger partial charge in [-0.1, -0.05) is 11.8 Å². The van der Waals surface area contributed by atoms with Crippen molar-refractivity contribution in [1.29, 1.82) is 0 Å². The number of aromatic nitrogens is 4. The van der Waals surface area contributed by atoms with Gasteiger partial charge in [0.05, 0.1) is 6.26 Å². The average molecular weight is 522 g/mol. The summed E-state index contributed by atoms with van der Waals surface area (Å²) < 4.78 is 36.4. The van der Waals surface area contributed by atoms with E-state index in [1.165, 1.54) is 35.5 Å². The Balaban J connectivity index is 2.02. The van der Waals surface area contributed by atoms with Crippen LogP contribution < -0.4 is 10.5 Å². The van der Waals surface area contributed by atoms with Crippen molar-refractivity contribution in [3.05, 3.63) is 11.3 Å². The molecule has 33 heavy (non-hydrogen) atoms. The van der Waals surface area contributed by atoms with E-state index in [1.54, 1.807) is 20.8 Å². The molecule has 1 aromatic rings. The third-order valence-corrected chi connectivity index (χ3v) is 8.05. The number of esters is 1. The maximum Gasteiger partial charge on any atom is 0.355 e. The van der Waals surface area contributed by atoms with E-state index >= 15 is 0 Å². The van der Waals surface area contributed by atoms with Crippen LogP contribution in [0.1, 0.15) is 27.2 Å². The van der Waals surface area contributed by atoms with Gasteiger partial charge in [0.15, 0.2) is 0 Å². The zero-order valence-electron chi connectivity index (χ0n) is 18.8. The molecule has 0 aromatic carbocycles. The molecule has 0 spiro atoms. The minimum Gasteiger partial charge on any atom is -0.455 e. The van der Waals surface area contributed by atoms with Crippen molar-refractivity contribution in [1.82, 2.24) is 30.2 Å². The maximum atomic E-state index is 13.3. The van der Waals surface area contributed by atoms with E-state index < -0.39 is 43.8 Å². The number of amides is 1. The van der Waals surface area contributed by atoms with E-state index in [2.05, 4.69) is 25.3 Å². The fourth-order valence-corrected chi connectivity index (χ4v) is 6.42. The number of aromatic amines is 1. The molecule has 4 N–H and O–H groups in total. The van der Waals surface area contributed by atoms with E-state index in [0.717, 1.165) is 6.26 Å². The number of tetrazole rings is 1. The van der Waals surface area contributed by atoms with Crippen LogP contribution in [0.2, 0.25) is 0 Å². The summed E-state index contributed by atoms with van der Waals surface area (Å²) in [5.74, 6) is -0.893. The number of fused-ring (bicyclic) bond motifs is 1. The number of nitrogens with two attached hydrogens (primary N) is 1. The lowest BCUT2D eigenvalue weighted by molar-refractivity contribution is -0.184. The Hall–Kier alpha value is -1.72. The highest BCUT2D eigenvalue weighted by atomic mass is 32.2. The molecule has 0 radical (unpaired) electrons. The smallest absolute Gasteiger partial charge is 0.355 e. The van der Waals surface area contributed by atoms with Gasteiger partial charge in [0.2, 0.25) is 20.9 Å². The lowest BCUT2D eigenvalue weighted by atomic mass is 9.97. The number of H-pyrrole nitrogens is 1. The molecule has 1 unspecified atom stereocenters. The van der Waals surface area contributed by atoms with Gasteiger partial charge in [0.25, 0.3) is 5.91 Å². The van der Waals surface area contributed by atoms with Crippen LogP contribution in [0.25, 0.3) is 0 Å². The minimum absolute atomic E-state index is 0.0844. The van der Waals surface area contributed by atoms with Crippen LogP contribution in [0.5, 0.6) is 0 Å². The summed E-state index contributed by atoms with van der Waals surface area (Å²) in [6.07, 6.45) is 1.36. The predicted molar refractivity (Wildman–Crippen MR) is 121 cm³/mol. The number of hydrogen-bond donors (Lipinski definition) is 3. The zero-order valence-corrected chi connectivity index (χ0v) is 21.3. The third-order valence-electron chi connectivity index (χ3n) is 4.77. The van der Waals surface area contributed by atoms with Gasteiger partial charge >= 0.3 is 5.97 Å². The fraction of sp³-hybridized carbons (Fsp3) is 0.706. The Morgan fingerprint density at radius 1 is 1.48 bits per heavy atom. The Bertz CT molecular complexity index is 1040. The van der Waals surface area contributed by atoms with Gasteiger partial charge in [0, 0.05) is 24.7 Å². The molecular formula is C17H27N7O6S3. The van der Waals surface area contributed by atoms with Crippen molar-refractivity contribution in [3.63, 3.8) is 0 Å². The number of ether oxygens (including phenoxy) is 2. The first-order valence-corrected chi connectivity index (χ1v) is 13.7. The summed E-state index contributed by atoms with van der Waals surface area (Å²) in [6.45, 7) is 5.28. The second-order valence-corrected chi connectivity index (χ2v) is 12.6. The molecule has 13 nitrogen and oxygen atoms in total. The number of nitrogens with one attached hydrogen (secondary N) is 2. The maximum absolute atomic E-state index is 13.3. The molecule has 1 saturated heterocycles. The number of thioether (sulfide) groups is 2. The molecule has 0 saturated carbocycles. The van der Waals surface area contributed by atoms with Gasteiger partial charge in [0.1, 0.15) is 16.7 Å². The van der Waals surface area contributed by atoms with Gasteiger partial charge in [-0.3, -0.25) is 15.4 Å². The standard InChI is InChI=1S/C17H27N7O6S3/c1-16(2,3)30-12(25)11-9(8-31-14-17(18,29-4)13(26)24(11)14)10(6-7-19-33(5,27)28)32-15-20-22-23-21-15/h10,14,19H,6-8,18H2,1-5H3,(H,20,21,22,23)/t10?,14-,17-/m0/s1. The summed E-state index contributed by atoms with van der Waals surface area (Å²) in [5.41, 5.74) is 4.45. The quantitative estimate of drug-likeness (QED) is 0.163. The number of methoxy groups -OCH3 is 1. The van der Waals surface area contributed by atoms with E-state index in [0.29, 0.717) is 22.9 Å². The normalized spacial score (nSPS) is 24.4. The van der Waals surface area contributed by atoms with E-state index in [1.807, 2.05) is 0 Å². The predicted octanol–water partition coefficient (Wildman–Crippen LogP) is -0.588. The molecule has 2 aliphatic rings. The van der Waals surface area contributed by atoms with Crippen LogP contribution in [0.15, 0.2) is 16.4 Å². The summed E-state index contributed by atoms with van der Waals surface area (Å²) in [6, 6.07) is 0. The molecule has 0 bridgehead atoms. The molecule has 3 heterocycles. The summed E-state index contributed by atoms with van der Waals surface area (Å²) in [7, 11) is -2.08. The number of nitrogens with zero attached hydrogens (tertiary/aromatic N) is 4. The molecule has 1 amide bonds. The van der Waals surface area contributed by atoms with Crippen molar-refractivity contribution in [2.75, 3.05) is 25.7 Å². The second-order valence-electron chi connectivity index (χ2n) is 8.48. The van der Waals surface area contributed by atoms with Crippen molar-refractivity contribution in [2.24, 2.45) is 5.73 Å². The Morgan fingerprint density at radius 2 is 2.18 bits per heavy atom. The minimum atomic E-state index is -3.42. The number of hydrogen-bond acceptors (Lipinski definition) is 12. The van der Waals surface area contributed by atoms with E-state index in [4.69, 9.17) is 15.2 Å². The van der Waals surface area contributed by atoms with Crippen LogP contribution in [0.4, 0.5) is 0 Å². The van der Waals surface area contributed by atoms with Gasteiger partial charge in [-0.2, -0.15) is 0 Å². The van der Waals surface area contributed by atoms with E-state index in [-0.39, 0.29) is 12.2 Å². The first kappa shape index (κ1) is 25.9. The topological polar surface area (TPSA) is 182 Å². The van der Waals surface area contributed by atoms with Crippen LogP contribution >= 0.6 is 23.5 Å². The van der Waals surface area contributed by atoms with Gasteiger partial charge in [-0.25, -0.2) is 23.0 Å². The highest BCUT2D eigenvalue weighted by Gasteiger charge is 2.64. The van der Waals surface area contributed by atoms with Gasteiger partial charge < -0.3 is 9.47 Å². The highest BCUT2D eigenvalue weighted by molar-refractivity contribution is 8.01. The molecule has 16 heteroatoms. The summed E-state index contributed by atoms with van der Waals surface area (Å²) >= 11 is 2.57. The number of carbonyl (C=O) groups excluding carboxylic acids is 2. The molecule has 1 fully saturated rings. The van der Waals surface area contributed by atoms with Gasteiger partial charge in [-0.05, 0) is 43.2 Å². The SMILES string of the molecule is CO[C@@]1(N)C(=O)N2C(C(=O)OC(C)(C)C)=C(C(CCNS(C)(=O)=O)Sc3nnn[nH]3)CS[C@H]21. The summed E-state index contributed by atoms with van der Waals surface area (Å²) in [5, 5.41) is 13.0. The third kappa shape index (κ3) is 5.68. The van der Waals surface area contributed by atoms with Gasteiger partial charge in [-0.15, -0.1) is 16.9 Å². The Labute approximate surface area is 200 Å². The Morgan fingerprint density at radius 3 is 2.73 bits per heavy atom. The van der Waals surface area contributed by atoms with Crippen molar-refractivity contribution in [2.45, 2.75) is 54.3 Å². The van der Waals surface area contributed by atoms with Crippen molar-refractivity contribution < 1.29 is 27.5 Å². The first-order valence-electron chi connectivity index (χ1n) is 9.87. The lowest BCUT2D eigenvalue weighted by Gasteiger charge is -2.54. The fourth-order valence-electron chi connectivity index (χ4n) is 3.34.